The van der Waals surface area contributed by atoms with Gasteiger partial charge in [-0.15, -0.1) is 0 Å². The quantitative estimate of drug-likeness (QED) is 0.559. The molecule has 0 aliphatic carbocycles. The average molecular weight is 305 g/mol. The van der Waals surface area contributed by atoms with Crippen LogP contribution in [0, 0.1) is 0 Å². The van der Waals surface area contributed by atoms with Crippen molar-refractivity contribution in [1.82, 2.24) is 0 Å². The standard InChI is InChI=1S/C19H15NO3/c1-2-11-7-8-16-13(9-11)14(10-17(21)22-16)19-18(20)12-5-3-4-6-15(12)23-19/h3-10H,2,20H2,1H3. The summed E-state index contributed by atoms with van der Waals surface area (Å²) < 4.78 is 11.2. The Balaban J connectivity index is 2.10. The van der Waals surface area contributed by atoms with Crippen LogP contribution < -0.4 is 11.4 Å². The first-order valence-electron chi connectivity index (χ1n) is 7.51. The van der Waals surface area contributed by atoms with Crippen molar-refractivity contribution in [3.05, 3.63) is 64.5 Å². The van der Waals surface area contributed by atoms with Crippen LogP contribution in [0.15, 0.2) is 62.2 Å². The molecule has 0 fully saturated rings. The predicted molar refractivity (Wildman–Crippen MR) is 91.5 cm³/mol. The Bertz CT molecular complexity index is 1090. The zero-order valence-corrected chi connectivity index (χ0v) is 12.6. The highest BCUT2D eigenvalue weighted by Crippen LogP contribution is 2.38. The lowest BCUT2D eigenvalue weighted by Gasteiger charge is -2.05. The van der Waals surface area contributed by atoms with Gasteiger partial charge in [-0.05, 0) is 36.2 Å². The van der Waals surface area contributed by atoms with Gasteiger partial charge in [-0.2, -0.15) is 0 Å². The Morgan fingerprint density at radius 2 is 1.74 bits per heavy atom. The monoisotopic (exact) mass is 305 g/mol. The molecule has 0 bridgehead atoms. The summed E-state index contributed by atoms with van der Waals surface area (Å²) in [6.45, 7) is 2.08. The maximum Gasteiger partial charge on any atom is 0.336 e. The van der Waals surface area contributed by atoms with Crippen molar-refractivity contribution in [3.63, 3.8) is 0 Å². The summed E-state index contributed by atoms with van der Waals surface area (Å²) in [5, 5.41) is 1.67. The van der Waals surface area contributed by atoms with E-state index in [1.54, 1.807) is 0 Å². The van der Waals surface area contributed by atoms with Gasteiger partial charge in [0.05, 0.1) is 5.69 Å². The Morgan fingerprint density at radius 3 is 2.52 bits per heavy atom. The van der Waals surface area contributed by atoms with Crippen molar-refractivity contribution in [2.24, 2.45) is 0 Å². The molecule has 2 heterocycles. The van der Waals surface area contributed by atoms with Crippen LogP contribution >= 0.6 is 0 Å². The van der Waals surface area contributed by atoms with Crippen molar-refractivity contribution in [3.8, 4) is 11.3 Å². The van der Waals surface area contributed by atoms with E-state index in [2.05, 4.69) is 6.92 Å². The van der Waals surface area contributed by atoms with Crippen LogP contribution in [0.1, 0.15) is 12.5 Å². The first-order valence-corrected chi connectivity index (χ1v) is 7.51. The SMILES string of the molecule is CCc1ccc2oc(=O)cc(-c3oc4ccccc4c3N)c2c1. The molecule has 0 aliphatic rings. The third-order valence-corrected chi connectivity index (χ3v) is 4.09. The molecule has 4 aromatic rings. The number of para-hydroxylation sites is 1. The minimum atomic E-state index is -0.420. The topological polar surface area (TPSA) is 69.4 Å². The average Bonchev–Trinajstić information content (AvgIpc) is 2.91. The van der Waals surface area contributed by atoms with Crippen LogP contribution in [0.25, 0.3) is 33.3 Å². The normalized spacial score (nSPS) is 11.3. The van der Waals surface area contributed by atoms with Gasteiger partial charge in [-0.25, -0.2) is 4.79 Å². The van der Waals surface area contributed by atoms with Crippen LogP contribution in [0.2, 0.25) is 0 Å². The summed E-state index contributed by atoms with van der Waals surface area (Å²) in [6, 6.07) is 14.8. The lowest BCUT2D eigenvalue weighted by Crippen LogP contribution is -1.99. The maximum absolute atomic E-state index is 11.9. The lowest BCUT2D eigenvalue weighted by atomic mass is 10.0. The molecule has 0 saturated heterocycles. The summed E-state index contributed by atoms with van der Waals surface area (Å²) in [5.74, 6) is 0.511. The smallest absolute Gasteiger partial charge is 0.336 e. The van der Waals surface area contributed by atoms with Gasteiger partial charge in [0.15, 0.2) is 5.76 Å². The van der Waals surface area contributed by atoms with Crippen LogP contribution in [-0.4, -0.2) is 0 Å². The number of anilines is 1. The summed E-state index contributed by atoms with van der Waals surface area (Å²) in [6.07, 6.45) is 0.893. The van der Waals surface area contributed by atoms with Crippen LogP contribution in [-0.2, 0) is 6.42 Å². The molecule has 0 atom stereocenters. The number of furan rings is 1. The maximum atomic E-state index is 11.9. The van der Waals surface area contributed by atoms with Crippen molar-refractivity contribution < 1.29 is 8.83 Å². The number of hydrogen-bond acceptors (Lipinski definition) is 4. The highest BCUT2D eigenvalue weighted by Gasteiger charge is 2.17. The first-order chi connectivity index (χ1) is 11.2. The van der Waals surface area contributed by atoms with E-state index in [9.17, 15) is 4.79 Å². The van der Waals surface area contributed by atoms with Gasteiger partial charge < -0.3 is 14.6 Å². The first kappa shape index (κ1) is 13.6. The third kappa shape index (κ3) is 2.11. The fourth-order valence-corrected chi connectivity index (χ4v) is 2.88. The molecular formula is C19H15NO3. The number of benzene rings is 2. The predicted octanol–water partition coefficient (Wildman–Crippen LogP) is 4.35. The Hall–Kier alpha value is -3.01. The fraction of sp³-hybridized carbons (Fsp3) is 0.105. The highest BCUT2D eigenvalue weighted by molar-refractivity contribution is 6.03. The molecule has 2 aromatic heterocycles. The minimum Gasteiger partial charge on any atom is -0.454 e. The van der Waals surface area contributed by atoms with E-state index in [0.29, 0.717) is 28.2 Å². The molecular weight excluding hydrogens is 290 g/mol. The minimum absolute atomic E-state index is 0.420. The molecule has 4 nitrogen and oxygen atoms in total. The van der Waals surface area contributed by atoms with E-state index < -0.39 is 5.63 Å². The van der Waals surface area contributed by atoms with Gasteiger partial charge in [-0.3, -0.25) is 0 Å². The van der Waals surface area contributed by atoms with Crippen molar-refractivity contribution in [1.29, 1.82) is 0 Å². The zero-order valence-electron chi connectivity index (χ0n) is 12.6. The van der Waals surface area contributed by atoms with Gasteiger partial charge in [0, 0.05) is 22.4 Å². The highest BCUT2D eigenvalue weighted by atomic mass is 16.4. The third-order valence-electron chi connectivity index (χ3n) is 4.09. The fourth-order valence-electron chi connectivity index (χ4n) is 2.88. The van der Waals surface area contributed by atoms with Crippen molar-refractivity contribution >= 4 is 27.6 Å². The Labute approximate surface area is 132 Å². The molecule has 0 amide bonds. The van der Waals surface area contributed by atoms with Gasteiger partial charge >= 0.3 is 5.63 Å². The van der Waals surface area contributed by atoms with Crippen molar-refractivity contribution in [2.75, 3.05) is 5.73 Å². The van der Waals surface area contributed by atoms with Gasteiger partial charge in [0.2, 0.25) is 0 Å². The van der Waals surface area contributed by atoms with Crippen LogP contribution in [0.5, 0.6) is 0 Å². The second-order valence-electron chi connectivity index (χ2n) is 5.50. The van der Waals surface area contributed by atoms with Crippen molar-refractivity contribution in [2.45, 2.75) is 13.3 Å². The lowest BCUT2D eigenvalue weighted by molar-refractivity contribution is 0.559. The molecule has 0 saturated carbocycles. The second-order valence-corrected chi connectivity index (χ2v) is 5.50. The molecule has 23 heavy (non-hydrogen) atoms. The van der Waals surface area contributed by atoms with E-state index in [-0.39, 0.29) is 0 Å². The van der Waals surface area contributed by atoms with Gasteiger partial charge in [0.25, 0.3) is 0 Å². The molecule has 0 aliphatic heterocycles. The number of nitrogens with two attached hydrogens (primary N) is 1. The Morgan fingerprint density at radius 1 is 0.957 bits per heavy atom. The molecule has 0 spiro atoms. The molecule has 0 unspecified atom stereocenters. The van der Waals surface area contributed by atoms with Gasteiger partial charge in [0.1, 0.15) is 11.2 Å². The molecule has 4 rings (SSSR count). The summed E-state index contributed by atoms with van der Waals surface area (Å²) in [4.78, 5) is 11.9. The largest absolute Gasteiger partial charge is 0.454 e. The molecule has 2 aromatic carbocycles. The zero-order chi connectivity index (χ0) is 16.0. The van der Waals surface area contributed by atoms with E-state index in [1.807, 2.05) is 42.5 Å². The number of rotatable bonds is 2. The van der Waals surface area contributed by atoms with Crippen LogP contribution in [0.3, 0.4) is 0 Å². The molecule has 0 radical (unpaired) electrons. The number of hydrogen-bond donors (Lipinski definition) is 1. The Kier molecular flexibility index (Phi) is 2.98. The summed E-state index contributed by atoms with van der Waals surface area (Å²) in [7, 11) is 0. The number of fused-ring (bicyclic) bond motifs is 2. The van der Waals surface area contributed by atoms with Crippen LogP contribution in [0.4, 0.5) is 5.69 Å². The second kappa shape index (κ2) is 5.02. The summed E-state index contributed by atoms with van der Waals surface area (Å²) in [5.41, 5.74) is 9.43. The molecule has 2 N–H and O–H groups in total. The summed E-state index contributed by atoms with van der Waals surface area (Å²) >= 11 is 0. The number of aryl methyl sites for hydroxylation is 1. The van der Waals surface area contributed by atoms with E-state index >= 15 is 0 Å². The van der Waals surface area contributed by atoms with E-state index in [1.165, 1.54) is 6.07 Å². The van der Waals surface area contributed by atoms with E-state index in [0.717, 1.165) is 22.8 Å². The number of nitrogen functional groups attached to an aromatic ring is 1. The van der Waals surface area contributed by atoms with Gasteiger partial charge in [-0.1, -0.05) is 25.1 Å². The molecule has 114 valence electrons. The van der Waals surface area contributed by atoms with E-state index in [4.69, 9.17) is 14.6 Å². The molecule has 4 heteroatoms.